The Balaban J connectivity index is 5.25. The normalized spacial score (nSPS) is 14.6. The molecule has 0 aromatic heterocycles. The van der Waals surface area contributed by atoms with Gasteiger partial charge in [-0.1, -0.05) is 280 Å². The summed E-state index contributed by atoms with van der Waals surface area (Å²) in [4.78, 5) is 72.4. The largest absolute Gasteiger partial charge is 0.472 e. The number of phosphoric acid groups is 2. The molecule has 0 aromatic carbocycles. The number of unbranched alkanes of at least 4 members (excludes halogenated alkanes) is 30. The molecule has 0 spiro atoms. The highest BCUT2D eigenvalue weighted by Gasteiger charge is 2.30. The highest BCUT2D eigenvalue weighted by Crippen LogP contribution is 2.45. The number of rotatable bonds is 65. The molecular formula is C68H132O17P2. The zero-order chi connectivity index (χ0) is 64.7. The molecular weight excluding hydrogens is 1150 g/mol. The van der Waals surface area contributed by atoms with Gasteiger partial charge in [-0.25, -0.2) is 9.13 Å². The Morgan fingerprint density at radius 1 is 0.322 bits per heavy atom. The van der Waals surface area contributed by atoms with Crippen LogP contribution in [0, 0.1) is 23.7 Å². The van der Waals surface area contributed by atoms with Crippen LogP contribution in [-0.4, -0.2) is 96.7 Å². The van der Waals surface area contributed by atoms with Crippen molar-refractivity contribution in [2.24, 2.45) is 23.7 Å². The van der Waals surface area contributed by atoms with Crippen molar-refractivity contribution in [3.05, 3.63) is 0 Å². The van der Waals surface area contributed by atoms with Gasteiger partial charge in [0.05, 0.1) is 26.4 Å². The molecule has 0 radical (unpaired) electrons. The monoisotopic (exact) mass is 1280 g/mol. The first kappa shape index (κ1) is 85.1. The van der Waals surface area contributed by atoms with Crippen LogP contribution >= 0.6 is 15.6 Å². The summed E-state index contributed by atoms with van der Waals surface area (Å²) in [6, 6.07) is 0. The van der Waals surface area contributed by atoms with Gasteiger partial charge >= 0.3 is 39.5 Å². The summed E-state index contributed by atoms with van der Waals surface area (Å²) < 4.78 is 68.1. The second-order valence-corrected chi connectivity index (χ2v) is 29.1. The summed E-state index contributed by atoms with van der Waals surface area (Å²) in [7, 11) is -9.90. The lowest BCUT2D eigenvalue weighted by Gasteiger charge is -2.21. The Morgan fingerprint density at radius 2 is 0.552 bits per heavy atom. The van der Waals surface area contributed by atoms with Gasteiger partial charge < -0.3 is 33.8 Å². The summed E-state index contributed by atoms with van der Waals surface area (Å²) >= 11 is 0. The van der Waals surface area contributed by atoms with Crippen molar-refractivity contribution in [1.82, 2.24) is 0 Å². The van der Waals surface area contributed by atoms with Gasteiger partial charge in [-0.05, 0) is 49.4 Å². The number of phosphoric ester groups is 2. The van der Waals surface area contributed by atoms with Crippen molar-refractivity contribution in [2.45, 2.75) is 350 Å². The number of hydrogen-bond acceptors (Lipinski definition) is 15. The molecule has 0 rings (SSSR count). The van der Waals surface area contributed by atoms with Crippen molar-refractivity contribution in [3.63, 3.8) is 0 Å². The fraction of sp³-hybridized carbons (Fsp3) is 0.941. The van der Waals surface area contributed by atoms with E-state index in [4.69, 9.17) is 37.0 Å². The van der Waals surface area contributed by atoms with Gasteiger partial charge in [0.15, 0.2) is 12.2 Å². The van der Waals surface area contributed by atoms with Crippen LogP contribution in [0.1, 0.15) is 331 Å². The smallest absolute Gasteiger partial charge is 0.462 e. The molecule has 3 N–H and O–H groups in total. The van der Waals surface area contributed by atoms with E-state index in [-0.39, 0.29) is 25.7 Å². The van der Waals surface area contributed by atoms with Crippen LogP contribution in [0.2, 0.25) is 0 Å². The Morgan fingerprint density at radius 3 is 0.816 bits per heavy atom. The number of esters is 4. The number of ether oxygens (including phenoxy) is 4. The highest BCUT2D eigenvalue weighted by atomic mass is 31.2. The molecule has 19 heteroatoms. The van der Waals surface area contributed by atoms with Crippen LogP contribution in [0.5, 0.6) is 0 Å². The lowest BCUT2D eigenvalue weighted by molar-refractivity contribution is -0.161. The molecule has 0 aliphatic rings. The van der Waals surface area contributed by atoms with Gasteiger partial charge in [0, 0.05) is 25.7 Å². The number of aliphatic hydroxyl groups is 1. The van der Waals surface area contributed by atoms with Crippen LogP contribution in [-0.2, 0) is 65.4 Å². The average Bonchev–Trinajstić information content (AvgIpc) is 3.69. The van der Waals surface area contributed by atoms with Gasteiger partial charge in [-0.3, -0.25) is 37.3 Å². The molecule has 0 saturated carbocycles. The van der Waals surface area contributed by atoms with Gasteiger partial charge in [-0.15, -0.1) is 0 Å². The Hall–Kier alpha value is -1.94. The molecule has 0 bridgehead atoms. The number of hydrogen-bond donors (Lipinski definition) is 3. The fourth-order valence-electron chi connectivity index (χ4n) is 10.1. The summed E-state index contributed by atoms with van der Waals surface area (Å²) in [5.41, 5.74) is 0. The van der Waals surface area contributed by atoms with Crippen molar-refractivity contribution in [3.8, 4) is 0 Å². The SMILES string of the molecule is CCC(C)CCCCCCCCC(=O)OC[C@H](COP(=O)(O)OC[C@H](O)COP(=O)(O)OC[C@@H](COC(=O)CCCCCCCCCCCCC(C)C)OC(=O)CCCCCCCCCCCCCCC(C)C)OC(=O)CCCCCCCCC(C)C. The van der Waals surface area contributed by atoms with Crippen LogP contribution in [0.3, 0.4) is 0 Å². The Labute approximate surface area is 530 Å². The first-order valence-electron chi connectivity index (χ1n) is 35.2. The van der Waals surface area contributed by atoms with E-state index >= 15 is 0 Å². The van der Waals surface area contributed by atoms with Gasteiger partial charge in [-0.2, -0.15) is 0 Å². The third-order valence-electron chi connectivity index (χ3n) is 15.9. The molecule has 0 heterocycles. The summed E-state index contributed by atoms with van der Waals surface area (Å²) in [5, 5.41) is 10.6. The second kappa shape index (κ2) is 57.9. The maximum atomic E-state index is 13.0. The summed E-state index contributed by atoms with van der Waals surface area (Å²) in [5.74, 6) is 0.799. The fourth-order valence-corrected chi connectivity index (χ4v) is 11.7. The second-order valence-electron chi connectivity index (χ2n) is 26.2. The number of carbonyl (C=O) groups is 4. The van der Waals surface area contributed by atoms with E-state index in [0.717, 1.165) is 114 Å². The van der Waals surface area contributed by atoms with Crippen LogP contribution < -0.4 is 0 Å². The summed E-state index contributed by atoms with van der Waals surface area (Å²) in [6.45, 7) is 14.0. The van der Waals surface area contributed by atoms with Gasteiger partial charge in [0.2, 0.25) is 0 Å². The number of carbonyl (C=O) groups excluding carboxylic acids is 4. The van der Waals surface area contributed by atoms with E-state index in [0.29, 0.717) is 31.6 Å². The number of aliphatic hydroxyl groups excluding tert-OH is 1. The molecule has 0 aromatic rings. The molecule has 0 amide bonds. The van der Waals surface area contributed by atoms with E-state index in [9.17, 15) is 43.2 Å². The van der Waals surface area contributed by atoms with Crippen molar-refractivity contribution in [2.75, 3.05) is 39.6 Å². The van der Waals surface area contributed by atoms with Crippen molar-refractivity contribution >= 4 is 39.5 Å². The molecule has 0 saturated heterocycles. The first-order valence-corrected chi connectivity index (χ1v) is 38.2. The third kappa shape index (κ3) is 61.3. The van der Waals surface area contributed by atoms with Crippen LogP contribution in [0.15, 0.2) is 0 Å². The van der Waals surface area contributed by atoms with Gasteiger partial charge in [0.25, 0.3) is 0 Å². The average molecular weight is 1280 g/mol. The van der Waals surface area contributed by atoms with E-state index in [1.54, 1.807) is 0 Å². The minimum Gasteiger partial charge on any atom is -0.462 e. The van der Waals surface area contributed by atoms with Crippen molar-refractivity contribution in [1.29, 1.82) is 0 Å². The lowest BCUT2D eigenvalue weighted by atomic mass is 10.00. The standard InChI is InChI=1S/C68H132O17P2/c1-9-61(8)47-39-31-25-27-33-41-49-66(71)79-55-64(85-68(73)51-43-35-26-24-30-38-46-60(6)7)57-83-87(76,77)81-53-62(69)52-80-86(74,75)82-56-63(54-78-65(70)48-40-32-22-18-15-14-17-21-29-37-45-59(4)5)84-67(72)50-42-34-23-19-13-11-10-12-16-20-28-36-44-58(2)3/h58-64,69H,9-57H2,1-8H3,(H,74,75)(H,76,77)/t61?,62-,63-,64-/m1/s1. The Kier molecular flexibility index (Phi) is 56.6. The van der Waals surface area contributed by atoms with Crippen molar-refractivity contribution < 1.29 is 80.2 Å². The lowest BCUT2D eigenvalue weighted by Crippen LogP contribution is -2.30. The molecule has 516 valence electrons. The maximum Gasteiger partial charge on any atom is 0.472 e. The van der Waals surface area contributed by atoms with E-state index in [1.807, 2.05) is 0 Å². The third-order valence-corrected chi connectivity index (χ3v) is 17.8. The highest BCUT2D eigenvalue weighted by molar-refractivity contribution is 7.47. The zero-order valence-corrected chi connectivity index (χ0v) is 58.4. The quantitative estimate of drug-likeness (QED) is 0.0222. The molecule has 0 aliphatic carbocycles. The molecule has 3 unspecified atom stereocenters. The van der Waals surface area contributed by atoms with Crippen LogP contribution in [0.25, 0.3) is 0 Å². The minimum atomic E-state index is -4.95. The van der Waals surface area contributed by atoms with Crippen LogP contribution in [0.4, 0.5) is 0 Å². The zero-order valence-electron chi connectivity index (χ0n) is 56.6. The predicted molar refractivity (Wildman–Crippen MR) is 349 cm³/mol. The Bertz CT molecular complexity index is 1730. The predicted octanol–water partition coefficient (Wildman–Crippen LogP) is 18.9. The van der Waals surface area contributed by atoms with E-state index in [1.165, 1.54) is 128 Å². The first-order chi connectivity index (χ1) is 41.6. The minimum absolute atomic E-state index is 0.101. The molecule has 0 aliphatic heterocycles. The van der Waals surface area contributed by atoms with E-state index in [2.05, 4.69) is 55.4 Å². The molecule has 0 fully saturated rings. The maximum absolute atomic E-state index is 13.0. The van der Waals surface area contributed by atoms with Gasteiger partial charge in [0.1, 0.15) is 19.3 Å². The molecule has 17 nitrogen and oxygen atoms in total. The topological polar surface area (TPSA) is 237 Å². The molecule has 6 atom stereocenters. The summed E-state index contributed by atoms with van der Waals surface area (Å²) in [6.07, 6.45) is 39.1. The molecule has 87 heavy (non-hydrogen) atoms. The van der Waals surface area contributed by atoms with E-state index < -0.39 is 97.5 Å².